The number of nitrogens with two attached hydrogens (primary N) is 1. The molecular formula is C15H25FN2O2S. The van der Waals surface area contributed by atoms with Crippen LogP contribution in [0.4, 0.5) is 10.1 Å². The van der Waals surface area contributed by atoms with Gasteiger partial charge in [0.15, 0.2) is 0 Å². The van der Waals surface area contributed by atoms with Crippen LogP contribution in [0.3, 0.4) is 0 Å². The summed E-state index contributed by atoms with van der Waals surface area (Å²) in [6, 6.07) is 2.31. The molecule has 0 saturated carbocycles. The molecule has 120 valence electrons. The zero-order valence-corrected chi connectivity index (χ0v) is 13.8. The monoisotopic (exact) mass is 316 g/mol. The smallest absolute Gasteiger partial charge is 0.240 e. The summed E-state index contributed by atoms with van der Waals surface area (Å²) < 4.78 is 40.6. The highest BCUT2D eigenvalue weighted by Crippen LogP contribution is 2.21. The number of unbranched alkanes of at least 4 members (excludes halogenated alkanes) is 3. The average Bonchev–Trinajstić information content (AvgIpc) is 2.40. The molecule has 21 heavy (non-hydrogen) atoms. The van der Waals surface area contributed by atoms with Crippen molar-refractivity contribution < 1.29 is 12.8 Å². The molecule has 3 N–H and O–H groups in total. The maximum Gasteiger partial charge on any atom is 0.240 e. The molecule has 6 heteroatoms. The molecule has 0 heterocycles. The number of halogens is 1. The summed E-state index contributed by atoms with van der Waals surface area (Å²) in [4.78, 5) is 0.0132. The van der Waals surface area contributed by atoms with Gasteiger partial charge in [0.2, 0.25) is 10.0 Å². The van der Waals surface area contributed by atoms with Crippen LogP contribution >= 0.6 is 0 Å². The third-order valence-corrected chi connectivity index (χ3v) is 4.98. The van der Waals surface area contributed by atoms with Crippen molar-refractivity contribution in [1.82, 2.24) is 4.72 Å². The van der Waals surface area contributed by atoms with Crippen molar-refractivity contribution in [1.29, 1.82) is 0 Å². The fourth-order valence-electron chi connectivity index (χ4n) is 2.19. The standard InChI is InChI=1S/C15H25FN2O2S/c1-4-5-6-7-8-12(3)18-21(19,20)13-9-11(2)15(16)14(17)10-13/h9-10,12,18H,4-8,17H2,1-3H3. The molecule has 0 aliphatic carbocycles. The van der Waals surface area contributed by atoms with Gasteiger partial charge in [-0.05, 0) is 38.0 Å². The summed E-state index contributed by atoms with van der Waals surface area (Å²) in [7, 11) is -3.66. The number of nitrogens with one attached hydrogen (secondary N) is 1. The number of hydrogen-bond donors (Lipinski definition) is 2. The molecule has 0 aliphatic rings. The first-order valence-corrected chi connectivity index (χ1v) is 8.84. The zero-order chi connectivity index (χ0) is 16.0. The molecule has 0 amide bonds. The molecule has 4 nitrogen and oxygen atoms in total. The highest BCUT2D eigenvalue weighted by atomic mass is 32.2. The van der Waals surface area contributed by atoms with Gasteiger partial charge < -0.3 is 5.73 Å². The van der Waals surface area contributed by atoms with E-state index in [0.717, 1.165) is 38.2 Å². The Bertz CT molecular complexity index is 550. The van der Waals surface area contributed by atoms with Gasteiger partial charge in [0.05, 0.1) is 10.6 Å². The molecule has 0 bridgehead atoms. The van der Waals surface area contributed by atoms with Crippen LogP contribution in [0.15, 0.2) is 17.0 Å². The lowest BCUT2D eigenvalue weighted by Crippen LogP contribution is -2.32. The van der Waals surface area contributed by atoms with Crippen LogP contribution in [0, 0.1) is 12.7 Å². The van der Waals surface area contributed by atoms with Crippen molar-refractivity contribution >= 4 is 15.7 Å². The summed E-state index contributed by atoms with van der Waals surface area (Å²) >= 11 is 0. The van der Waals surface area contributed by atoms with Crippen LogP contribution in [-0.4, -0.2) is 14.5 Å². The second kappa shape index (κ2) is 7.75. The summed E-state index contributed by atoms with van der Waals surface area (Å²) in [6.45, 7) is 5.47. The molecule has 1 aromatic rings. The maximum absolute atomic E-state index is 13.5. The van der Waals surface area contributed by atoms with Crippen molar-refractivity contribution in [2.75, 3.05) is 5.73 Å². The van der Waals surface area contributed by atoms with Gasteiger partial charge in [-0.2, -0.15) is 0 Å². The number of hydrogen-bond acceptors (Lipinski definition) is 3. The lowest BCUT2D eigenvalue weighted by atomic mass is 10.1. The highest BCUT2D eigenvalue weighted by molar-refractivity contribution is 7.89. The molecule has 0 spiro atoms. The molecule has 0 fully saturated rings. The molecule has 1 aromatic carbocycles. The highest BCUT2D eigenvalue weighted by Gasteiger charge is 2.19. The van der Waals surface area contributed by atoms with Gasteiger partial charge in [0.1, 0.15) is 5.82 Å². The minimum absolute atomic E-state index is 0.0132. The number of aryl methyl sites for hydroxylation is 1. The van der Waals surface area contributed by atoms with E-state index in [1.54, 1.807) is 0 Å². The van der Waals surface area contributed by atoms with E-state index in [4.69, 9.17) is 5.73 Å². The number of sulfonamides is 1. The van der Waals surface area contributed by atoms with Crippen LogP contribution in [0.1, 0.15) is 51.5 Å². The van der Waals surface area contributed by atoms with E-state index in [-0.39, 0.29) is 22.2 Å². The van der Waals surface area contributed by atoms with Crippen molar-refractivity contribution in [2.24, 2.45) is 0 Å². The van der Waals surface area contributed by atoms with Gasteiger partial charge in [-0.3, -0.25) is 0 Å². The summed E-state index contributed by atoms with van der Waals surface area (Å²) in [5.41, 5.74) is 5.58. The van der Waals surface area contributed by atoms with Gasteiger partial charge in [0, 0.05) is 6.04 Å². The van der Waals surface area contributed by atoms with Crippen LogP contribution in [-0.2, 0) is 10.0 Å². The first-order valence-electron chi connectivity index (χ1n) is 7.36. The number of nitrogen functional groups attached to an aromatic ring is 1. The van der Waals surface area contributed by atoms with E-state index in [9.17, 15) is 12.8 Å². The van der Waals surface area contributed by atoms with Gasteiger partial charge in [-0.1, -0.05) is 32.6 Å². The molecule has 0 aliphatic heterocycles. The van der Waals surface area contributed by atoms with Crippen LogP contribution in [0.25, 0.3) is 0 Å². The summed E-state index contributed by atoms with van der Waals surface area (Å²) in [5.74, 6) is -0.568. The molecule has 0 radical (unpaired) electrons. The first kappa shape index (κ1) is 17.9. The van der Waals surface area contributed by atoms with E-state index in [0.29, 0.717) is 0 Å². The Hall–Kier alpha value is -1.14. The Morgan fingerprint density at radius 3 is 2.52 bits per heavy atom. The Morgan fingerprint density at radius 2 is 1.95 bits per heavy atom. The second-order valence-electron chi connectivity index (χ2n) is 5.52. The predicted molar refractivity (Wildman–Crippen MR) is 84.1 cm³/mol. The van der Waals surface area contributed by atoms with Crippen molar-refractivity contribution in [3.8, 4) is 0 Å². The summed E-state index contributed by atoms with van der Waals surface area (Å²) in [6.07, 6.45) is 5.18. The van der Waals surface area contributed by atoms with Crippen LogP contribution in [0.5, 0.6) is 0 Å². The Morgan fingerprint density at radius 1 is 1.29 bits per heavy atom. The van der Waals surface area contributed by atoms with Gasteiger partial charge in [-0.25, -0.2) is 17.5 Å². The minimum Gasteiger partial charge on any atom is -0.396 e. The van der Waals surface area contributed by atoms with Gasteiger partial charge in [0.25, 0.3) is 0 Å². The molecule has 1 rings (SSSR count). The van der Waals surface area contributed by atoms with E-state index in [1.807, 2.05) is 6.92 Å². The van der Waals surface area contributed by atoms with Crippen molar-refractivity contribution in [3.63, 3.8) is 0 Å². The quantitative estimate of drug-likeness (QED) is 0.570. The third-order valence-electron chi connectivity index (χ3n) is 3.41. The average molecular weight is 316 g/mol. The fourth-order valence-corrected chi connectivity index (χ4v) is 3.58. The SMILES string of the molecule is CCCCCCC(C)NS(=O)(=O)c1cc(C)c(F)c(N)c1. The predicted octanol–water partition coefficient (Wildman–Crippen LogP) is 3.35. The van der Waals surface area contributed by atoms with Crippen molar-refractivity contribution in [2.45, 2.75) is 63.8 Å². The Labute approximate surface area is 127 Å². The summed E-state index contributed by atoms with van der Waals surface area (Å²) in [5, 5.41) is 0. The largest absolute Gasteiger partial charge is 0.396 e. The number of rotatable bonds is 8. The molecule has 0 saturated heterocycles. The normalized spacial score (nSPS) is 13.3. The van der Waals surface area contributed by atoms with E-state index in [2.05, 4.69) is 11.6 Å². The lowest BCUT2D eigenvalue weighted by molar-refractivity contribution is 0.521. The van der Waals surface area contributed by atoms with Crippen LogP contribution in [0.2, 0.25) is 0 Å². The Kier molecular flexibility index (Phi) is 6.61. The Balaban J connectivity index is 2.73. The van der Waals surface area contributed by atoms with Crippen LogP contribution < -0.4 is 10.5 Å². The third kappa shape index (κ3) is 5.28. The molecular weight excluding hydrogens is 291 g/mol. The number of anilines is 1. The van der Waals surface area contributed by atoms with E-state index in [1.165, 1.54) is 13.0 Å². The second-order valence-corrected chi connectivity index (χ2v) is 7.23. The van der Waals surface area contributed by atoms with E-state index < -0.39 is 15.8 Å². The number of benzene rings is 1. The topological polar surface area (TPSA) is 72.2 Å². The fraction of sp³-hybridized carbons (Fsp3) is 0.600. The lowest BCUT2D eigenvalue weighted by Gasteiger charge is -2.15. The maximum atomic E-state index is 13.5. The molecule has 0 aromatic heterocycles. The van der Waals surface area contributed by atoms with E-state index >= 15 is 0 Å². The van der Waals surface area contributed by atoms with Gasteiger partial charge in [-0.15, -0.1) is 0 Å². The molecule has 1 unspecified atom stereocenters. The van der Waals surface area contributed by atoms with Crippen molar-refractivity contribution in [3.05, 3.63) is 23.5 Å². The molecule has 1 atom stereocenters. The van der Waals surface area contributed by atoms with Gasteiger partial charge >= 0.3 is 0 Å². The zero-order valence-electron chi connectivity index (χ0n) is 12.9. The first-order chi connectivity index (χ1) is 9.77. The minimum atomic E-state index is -3.66.